The number of nitrogens with zero attached hydrogens (tertiary/aromatic N) is 1. The fraction of sp³-hybridized carbons (Fsp3) is 0.923. The maximum absolute atomic E-state index is 12.1. The molecule has 16 heavy (non-hydrogen) atoms. The molecule has 0 aromatic heterocycles. The van der Waals surface area contributed by atoms with E-state index in [9.17, 15) is 4.79 Å². The summed E-state index contributed by atoms with van der Waals surface area (Å²) >= 11 is 3.54. The van der Waals surface area contributed by atoms with E-state index in [-0.39, 0.29) is 0 Å². The lowest BCUT2D eigenvalue weighted by molar-refractivity contribution is -0.133. The Morgan fingerprint density at radius 1 is 1.31 bits per heavy atom. The highest BCUT2D eigenvalue weighted by atomic mass is 79.9. The smallest absolute Gasteiger partial charge is 0.222 e. The average molecular weight is 290 g/mol. The van der Waals surface area contributed by atoms with Crippen LogP contribution >= 0.6 is 15.9 Å². The molecule has 0 aliphatic carbocycles. The lowest BCUT2D eigenvalue weighted by atomic mass is 10.1. The van der Waals surface area contributed by atoms with E-state index in [4.69, 9.17) is 0 Å². The minimum absolute atomic E-state index is 0.375. The summed E-state index contributed by atoms with van der Waals surface area (Å²) in [7, 11) is 0. The first-order valence-corrected chi connectivity index (χ1v) is 7.77. The zero-order chi connectivity index (χ0) is 11.8. The number of likely N-dealkylation sites (tertiary alicyclic amines) is 1. The van der Waals surface area contributed by atoms with E-state index in [1.807, 2.05) is 0 Å². The number of unbranched alkanes of at least 4 members (excludes halogenated alkanes) is 2. The highest BCUT2D eigenvalue weighted by Gasteiger charge is 2.23. The molecule has 1 heterocycles. The van der Waals surface area contributed by atoms with E-state index in [0.717, 1.165) is 24.7 Å². The predicted molar refractivity (Wildman–Crippen MR) is 71.9 cm³/mol. The van der Waals surface area contributed by atoms with Crippen LogP contribution in [0.1, 0.15) is 58.3 Å². The number of rotatable bonds is 5. The minimum Gasteiger partial charge on any atom is -0.339 e. The van der Waals surface area contributed by atoms with Crippen LogP contribution in [0.5, 0.6) is 0 Å². The standard InChI is InChI=1S/C13H24BrNO/c1-2-3-5-9-13(16)15-10-7-4-6-8-12(15)11-14/h12H,2-11H2,1H3. The van der Waals surface area contributed by atoms with Gasteiger partial charge in [-0.1, -0.05) is 48.5 Å². The van der Waals surface area contributed by atoms with Crippen LogP contribution in [0.2, 0.25) is 0 Å². The monoisotopic (exact) mass is 289 g/mol. The van der Waals surface area contributed by atoms with Crippen molar-refractivity contribution in [2.45, 2.75) is 64.3 Å². The molecule has 1 aliphatic heterocycles. The lowest BCUT2D eigenvalue weighted by Gasteiger charge is -2.28. The van der Waals surface area contributed by atoms with Crippen molar-refractivity contribution in [1.82, 2.24) is 4.90 Å². The van der Waals surface area contributed by atoms with Gasteiger partial charge in [0.15, 0.2) is 0 Å². The number of halogens is 1. The van der Waals surface area contributed by atoms with Gasteiger partial charge in [0.25, 0.3) is 0 Å². The second-order valence-corrected chi connectivity index (χ2v) is 5.35. The molecule has 1 unspecified atom stereocenters. The summed E-state index contributed by atoms with van der Waals surface area (Å²) < 4.78 is 0. The maximum atomic E-state index is 12.1. The van der Waals surface area contributed by atoms with Crippen molar-refractivity contribution in [2.75, 3.05) is 11.9 Å². The van der Waals surface area contributed by atoms with Crippen molar-refractivity contribution in [1.29, 1.82) is 0 Å². The van der Waals surface area contributed by atoms with Crippen LogP contribution in [0, 0.1) is 0 Å². The summed E-state index contributed by atoms with van der Waals surface area (Å²) in [5.74, 6) is 0.375. The molecular formula is C13H24BrNO. The third kappa shape index (κ3) is 4.44. The summed E-state index contributed by atoms with van der Waals surface area (Å²) in [5, 5.41) is 0.937. The summed E-state index contributed by atoms with van der Waals surface area (Å²) in [5.41, 5.74) is 0. The lowest BCUT2D eigenvalue weighted by Crippen LogP contribution is -2.40. The predicted octanol–water partition coefficient (Wildman–Crippen LogP) is 3.73. The first kappa shape index (κ1) is 14.0. The molecule has 1 aliphatic rings. The van der Waals surface area contributed by atoms with Gasteiger partial charge >= 0.3 is 0 Å². The Bertz CT molecular complexity index is 208. The second-order valence-electron chi connectivity index (χ2n) is 4.70. The number of hydrogen-bond acceptors (Lipinski definition) is 1. The van der Waals surface area contributed by atoms with Crippen LogP contribution in [0.3, 0.4) is 0 Å². The van der Waals surface area contributed by atoms with Gasteiger partial charge < -0.3 is 4.90 Å². The third-order valence-electron chi connectivity index (χ3n) is 3.37. The van der Waals surface area contributed by atoms with Crippen molar-refractivity contribution in [2.24, 2.45) is 0 Å². The van der Waals surface area contributed by atoms with Crippen molar-refractivity contribution in [3.63, 3.8) is 0 Å². The van der Waals surface area contributed by atoms with Gasteiger partial charge in [0.2, 0.25) is 5.91 Å². The zero-order valence-corrected chi connectivity index (χ0v) is 12.0. The molecule has 0 spiro atoms. The molecule has 1 amide bonds. The summed E-state index contributed by atoms with van der Waals surface area (Å²) in [6.07, 6.45) is 9.08. The van der Waals surface area contributed by atoms with Crippen molar-refractivity contribution in [3.8, 4) is 0 Å². The average Bonchev–Trinajstić information content (AvgIpc) is 2.54. The van der Waals surface area contributed by atoms with Crippen LogP contribution in [0.15, 0.2) is 0 Å². The number of hydrogen-bond donors (Lipinski definition) is 0. The molecule has 0 aromatic carbocycles. The first-order valence-electron chi connectivity index (χ1n) is 6.65. The molecule has 3 heteroatoms. The van der Waals surface area contributed by atoms with E-state index in [0.29, 0.717) is 11.9 Å². The second kappa shape index (κ2) is 8.10. The van der Waals surface area contributed by atoms with Gasteiger partial charge in [-0.3, -0.25) is 4.79 Å². The van der Waals surface area contributed by atoms with Gasteiger partial charge in [0, 0.05) is 24.3 Å². The van der Waals surface area contributed by atoms with Crippen LogP contribution in [-0.2, 0) is 4.79 Å². The Morgan fingerprint density at radius 3 is 2.81 bits per heavy atom. The fourth-order valence-electron chi connectivity index (χ4n) is 2.34. The molecule has 0 N–H and O–H groups in total. The maximum Gasteiger partial charge on any atom is 0.222 e. The Morgan fingerprint density at radius 2 is 2.12 bits per heavy atom. The molecule has 2 nitrogen and oxygen atoms in total. The number of carbonyl (C=O) groups is 1. The Balaban J connectivity index is 2.42. The van der Waals surface area contributed by atoms with Gasteiger partial charge in [-0.2, -0.15) is 0 Å². The molecule has 94 valence electrons. The van der Waals surface area contributed by atoms with E-state index in [1.165, 1.54) is 38.5 Å². The van der Waals surface area contributed by atoms with Crippen molar-refractivity contribution >= 4 is 21.8 Å². The van der Waals surface area contributed by atoms with Crippen LogP contribution < -0.4 is 0 Å². The number of carbonyl (C=O) groups excluding carboxylic acids is 1. The molecule has 0 bridgehead atoms. The highest BCUT2D eigenvalue weighted by molar-refractivity contribution is 9.09. The summed E-state index contributed by atoms with van der Waals surface area (Å²) in [4.78, 5) is 14.2. The molecule has 0 saturated carbocycles. The van der Waals surface area contributed by atoms with Crippen molar-refractivity contribution < 1.29 is 4.79 Å². The van der Waals surface area contributed by atoms with Gasteiger partial charge in [-0.05, 0) is 19.3 Å². The highest BCUT2D eigenvalue weighted by Crippen LogP contribution is 2.19. The van der Waals surface area contributed by atoms with Crippen LogP contribution in [-0.4, -0.2) is 28.7 Å². The molecular weight excluding hydrogens is 266 g/mol. The molecule has 1 atom stereocenters. The van der Waals surface area contributed by atoms with Crippen LogP contribution in [0.4, 0.5) is 0 Å². The quantitative estimate of drug-likeness (QED) is 0.558. The molecule has 1 saturated heterocycles. The largest absolute Gasteiger partial charge is 0.339 e. The fourth-order valence-corrected chi connectivity index (χ4v) is 3.01. The SMILES string of the molecule is CCCCCC(=O)N1CCCCCC1CBr. The first-order chi connectivity index (χ1) is 7.79. The van der Waals surface area contributed by atoms with Gasteiger partial charge in [-0.15, -0.1) is 0 Å². The van der Waals surface area contributed by atoms with E-state index < -0.39 is 0 Å². The minimum atomic E-state index is 0.375. The van der Waals surface area contributed by atoms with Gasteiger partial charge in [0.05, 0.1) is 0 Å². The Labute approximate surface area is 108 Å². The van der Waals surface area contributed by atoms with Crippen LogP contribution in [0.25, 0.3) is 0 Å². The van der Waals surface area contributed by atoms with E-state index in [1.54, 1.807) is 0 Å². The number of amides is 1. The molecule has 0 radical (unpaired) electrons. The number of alkyl halides is 1. The summed E-state index contributed by atoms with van der Waals surface area (Å²) in [6, 6.07) is 0.441. The summed E-state index contributed by atoms with van der Waals surface area (Å²) in [6.45, 7) is 3.15. The molecule has 1 fully saturated rings. The molecule has 1 rings (SSSR count). The topological polar surface area (TPSA) is 20.3 Å². The van der Waals surface area contributed by atoms with E-state index in [2.05, 4.69) is 27.8 Å². The normalized spacial score (nSPS) is 21.9. The van der Waals surface area contributed by atoms with E-state index >= 15 is 0 Å². The molecule has 0 aromatic rings. The van der Waals surface area contributed by atoms with Crippen molar-refractivity contribution in [3.05, 3.63) is 0 Å². The third-order valence-corrected chi connectivity index (χ3v) is 4.12. The van der Waals surface area contributed by atoms with Gasteiger partial charge in [-0.25, -0.2) is 0 Å². The Hall–Kier alpha value is -0.0500. The Kier molecular flexibility index (Phi) is 7.10. The van der Waals surface area contributed by atoms with Gasteiger partial charge in [0.1, 0.15) is 0 Å². The zero-order valence-electron chi connectivity index (χ0n) is 10.4.